The van der Waals surface area contributed by atoms with Crippen LogP contribution in [0.1, 0.15) is 17.2 Å². The Morgan fingerprint density at radius 3 is 1.87 bits per heavy atom. The fraction of sp³-hybridized carbons (Fsp3) is 0.368. The van der Waals surface area contributed by atoms with Crippen LogP contribution in [0.4, 0.5) is 0 Å². The minimum absolute atomic E-state index is 0.210. The van der Waals surface area contributed by atoms with Gasteiger partial charge in [0.1, 0.15) is 11.5 Å². The van der Waals surface area contributed by atoms with Gasteiger partial charge in [0.25, 0.3) is 0 Å². The molecule has 1 saturated heterocycles. The highest BCUT2D eigenvalue weighted by molar-refractivity contribution is 5.39. The van der Waals surface area contributed by atoms with Crippen molar-refractivity contribution in [3.8, 4) is 11.5 Å². The van der Waals surface area contributed by atoms with Crippen molar-refractivity contribution in [1.29, 1.82) is 0 Å². The molecule has 0 unspecified atom stereocenters. The van der Waals surface area contributed by atoms with E-state index in [2.05, 4.69) is 46.6 Å². The molecular formula is C19H24N2O2. The van der Waals surface area contributed by atoms with Crippen LogP contribution in [0, 0.1) is 0 Å². The summed E-state index contributed by atoms with van der Waals surface area (Å²) in [5.41, 5.74) is 2.50. The van der Waals surface area contributed by atoms with Crippen molar-refractivity contribution in [2.75, 3.05) is 40.4 Å². The van der Waals surface area contributed by atoms with Crippen LogP contribution < -0.4 is 14.8 Å². The molecule has 4 nitrogen and oxygen atoms in total. The van der Waals surface area contributed by atoms with E-state index in [1.807, 2.05) is 12.1 Å². The average molecular weight is 312 g/mol. The van der Waals surface area contributed by atoms with Gasteiger partial charge in [-0.05, 0) is 35.4 Å². The van der Waals surface area contributed by atoms with Crippen molar-refractivity contribution in [2.45, 2.75) is 6.04 Å². The second-order valence-corrected chi connectivity index (χ2v) is 5.74. The third-order valence-electron chi connectivity index (χ3n) is 4.34. The summed E-state index contributed by atoms with van der Waals surface area (Å²) in [7, 11) is 3.43. The molecule has 4 heteroatoms. The number of hydrogen-bond acceptors (Lipinski definition) is 4. The van der Waals surface area contributed by atoms with Gasteiger partial charge < -0.3 is 14.8 Å². The molecule has 0 aliphatic carbocycles. The van der Waals surface area contributed by atoms with Crippen LogP contribution >= 0.6 is 0 Å². The van der Waals surface area contributed by atoms with E-state index in [9.17, 15) is 0 Å². The van der Waals surface area contributed by atoms with Gasteiger partial charge in [-0.1, -0.05) is 24.3 Å². The van der Waals surface area contributed by atoms with Crippen LogP contribution in [-0.4, -0.2) is 45.3 Å². The lowest BCUT2D eigenvalue weighted by Gasteiger charge is -2.35. The molecule has 23 heavy (non-hydrogen) atoms. The van der Waals surface area contributed by atoms with Crippen molar-refractivity contribution in [1.82, 2.24) is 10.2 Å². The first-order chi connectivity index (χ1) is 11.3. The maximum absolute atomic E-state index is 5.42. The molecule has 3 rings (SSSR count). The molecule has 2 aromatic carbocycles. The lowest BCUT2D eigenvalue weighted by atomic mass is 9.96. The molecule has 2 aromatic rings. The number of rotatable bonds is 5. The summed E-state index contributed by atoms with van der Waals surface area (Å²) in [5, 5.41) is 3.43. The van der Waals surface area contributed by atoms with Gasteiger partial charge in [0, 0.05) is 26.2 Å². The van der Waals surface area contributed by atoms with Gasteiger partial charge in [-0.3, -0.25) is 4.90 Å². The zero-order valence-corrected chi connectivity index (χ0v) is 13.8. The Morgan fingerprint density at radius 1 is 0.870 bits per heavy atom. The molecule has 0 saturated carbocycles. The van der Waals surface area contributed by atoms with Gasteiger partial charge >= 0.3 is 0 Å². The smallest absolute Gasteiger partial charge is 0.119 e. The Balaban J connectivity index is 2.01. The molecule has 0 radical (unpaired) electrons. The minimum Gasteiger partial charge on any atom is -0.497 e. The van der Waals surface area contributed by atoms with Gasteiger partial charge in [0.15, 0.2) is 0 Å². The molecule has 1 heterocycles. The van der Waals surface area contributed by atoms with Gasteiger partial charge in [-0.25, -0.2) is 0 Å². The Labute approximate surface area is 138 Å². The van der Waals surface area contributed by atoms with Crippen LogP contribution in [0.3, 0.4) is 0 Å². The van der Waals surface area contributed by atoms with Gasteiger partial charge in [-0.15, -0.1) is 0 Å². The lowest BCUT2D eigenvalue weighted by molar-refractivity contribution is 0.198. The van der Waals surface area contributed by atoms with Gasteiger partial charge in [0.05, 0.1) is 20.3 Å². The molecule has 0 spiro atoms. The molecule has 0 bridgehead atoms. The highest BCUT2D eigenvalue weighted by Crippen LogP contribution is 2.32. The molecule has 122 valence electrons. The quantitative estimate of drug-likeness (QED) is 0.920. The summed E-state index contributed by atoms with van der Waals surface area (Å²) >= 11 is 0. The van der Waals surface area contributed by atoms with E-state index >= 15 is 0 Å². The number of methoxy groups -OCH3 is 2. The molecule has 0 amide bonds. The third kappa shape index (κ3) is 3.66. The van der Waals surface area contributed by atoms with Crippen LogP contribution in [0.15, 0.2) is 48.5 Å². The second kappa shape index (κ2) is 7.49. The fourth-order valence-electron chi connectivity index (χ4n) is 3.18. The molecule has 1 N–H and O–H groups in total. The average Bonchev–Trinajstić information content (AvgIpc) is 2.63. The summed E-state index contributed by atoms with van der Waals surface area (Å²) in [6.07, 6.45) is 0. The standard InChI is InChI=1S/C19H24N2O2/c1-22-17-7-3-5-15(13-17)19(21-11-9-20-10-12-21)16-6-4-8-18(14-16)23-2/h3-8,13-14,19-20H,9-12H2,1-2H3. The van der Waals surface area contributed by atoms with Crippen molar-refractivity contribution in [2.24, 2.45) is 0 Å². The van der Waals surface area contributed by atoms with E-state index in [4.69, 9.17) is 9.47 Å². The van der Waals surface area contributed by atoms with E-state index in [0.29, 0.717) is 0 Å². The molecule has 0 atom stereocenters. The first kappa shape index (κ1) is 15.8. The summed E-state index contributed by atoms with van der Waals surface area (Å²) in [4.78, 5) is 2.51. The third-order valence-corrected chi connectivity index (χ3v) is 4.34. The number of nitrogens with zero attached hydrogens (tertiary/aromatic N) is 1. The SMILES string of the molecule is COc1cccc(C(c2cccc(OC)c2)N2CCNCC2)c1. The van der Waals surface area contributed by atoms with E-state index in [0.717, 1.165) is 37.7 Å². The number of ether oxygens (including phenoxy) is 2. The topological polar surface area (TPSA) is 33.7 Å². The predicted octanol–water partition coefficient (Wildman–Crippen LogP) is 2.70. The summed E-state index contributed by atoms with van der Waals surface area (Å²) in [5.74, 6) is 1.79. The monoisotopic (exact) mass is 312 g/mol. The first-order valence-corrected chi connectivity index (χ1v) is 8.04. The van der Waals surface area contributed by atoms with E-state index in [1.54, 1.807) is 14.2 Å². The lowest BCUT2D eigenvalue weighted by Crippen LogP contribution is -2.45. The second-order valence-electron chi connectivity index (χ2n) is 5.74. The molecule has 1 aliphatic rings. The molecule has 0 aromatic heterocycles. The highest BCUT2D eigenvalue weighted by Gasteiger charge is 2.24. The Bertz CT molecular complexity index is 591. The number of piperazine rings is 1. The molecule has 1 aliphatic heterocycles. The Morgan fingerprint density at radius 2 is 1.39 bits per heavy atom. The highest BCUT2D eigenvalue weighted by atomic mass is 16.5. The van der Waals surface area contributed by atoms with E-state index in [-0.39, 0.29) is 6.04 Å². The van der Waals surface area contributed by atoms with Gasteiger partial charge in [0.2, 0.25) is 0 Å². The molecule has 1 fully saturated rings. The van der Waals surface area contributed by atoms with Crippen molar-refractivity contribution in [3.63, 3.8) is 0 Å². The molecular weight excluding hydrogens is 288 g/mol. The van der Waals surface area contributed by atoms with Crippen molar-refractivity contribution >= 4 is 0 Å². The normalized spacial score (nSPS) is 15.6. The number of hydrogen-bond donors (Lipinski definition) is 1. The van der Waals surface area contributed by atoms with Crippen LogP contribution in [0.25, 0.3) is 0 Å². The Hall–Kier alpha value is -2.04. The van der Waals surface area contributed by atoms with Crippen LogP contribution in [0.2, 0.25) is 0 Å². The summed E-state index contributed by atoms with van der Waals surface area (Å²) in [6.45, 7) is 4.09. The number of nitrogens with one attached hydrogen (secondary N) is 1. The maximum atomic E-state index is 5.42. The van der Waals surface area contributed by atoms with E-state index in [1.165, 1.54) is 11.1 Å². The van der Waals surface area contributed by atoms with Crippen molar-refractivity contribution < 1.29 is 9.47 Å². The van der Waals surface area contributed by atoms with E-state index < -0.39 is 0 Å². The van der Waals surface area contributed by atoms with Crippen LogP contribution in [-0.2, 0) is 0 Å². The first-order valence-electron chi connectivity index (χ1n) is 8.04. The van der Waals surface area contributed by atoms with Crippen LogP contribution in [0.5, 0.6) is 11.5 Å². The predicted molar refractivity (Wildman–Crippen MR) is 92.3 cm³/mol. The number of benzene rings is 2. The summed E-state index contributed by atoms with van der Waals surface area (Å²) < 4.78 is 10.8. The maximum Gasteiger partial charge on any atom is 0.119 e. The Kier molecular flexibility index (Phi) is 5.16. The summed E-state index contributed by atoms with van der Waals surface area (Å²) in [6, 6.07) is 16.9. The van der Waals surface area contributed by atoms with Crippen molar-refractivity contribution in [3.05, 3.63) is 59.7 Å². The zero-order valence-electron chi connectivity index (χ0n) is 13.8. The minimum atomic E-state index is 0.210. The van der Waals surface area contributed by atoms with Gasteiger partial charge in [-0.2, -0.15) is 0 Å². The zero-order chi connectivity index (χ0) is 16.1. The largest absolute Gasteiger partial charge is 0.497 e. The fourth-order valence-corrected chi connectivity index (χ4v) is 3.18.